The molecular formula is C26H19FO3. The van der Waals surface area contributed by atoms with Crippen molar-refractivity contribution in [3.63, 3.8) is 0 Å². The molecule has 0 radical (unpaired) electrons. The Morgan fingerprint density at radius 2 is 1.67 bits per heavy atom. The van der Waals surface area contributed by atoms with Gasteiger partial charge in [0.1, 0.15) is 11.6 Å². The molecule has 0 atom stereocenters. The summed E-state index contributed by atoms with van der Waals surface area (Å²) in [5, 5.41) is 21.3. The Balaban J connectivity index is 1.63. The fraction of sp³-hybridized carbons (Fsp3) is 0.0385. The topological polar surface area (TPSA) is 57.5 Å². The zero-order chi connectivity index (χ0) is 21.1. The highest BCUT2D eigenvalue weighted by Gasteiger charge is 2.10. The lowest BCUT2D eigenvalue weighted by molar-refractivity contribution is 0.0696. The number of hydrogen-bond acceptors (Lipinski definition) is 2. The van der Waals surface area contributed by atoms with Gasteiger partial charge in [-0.2, -0.15) is 0 Å². The summed E-state index contributed by atoms with van der Waals surface area (Å²) in [5.74, 6) is -1.09. The van der Waals surface area contributed by atoms with Gasteiger partial charge in [0.25, 0.3) is 0 Å². The van der Waals surface area contributed by atoms with Gasteiger partial charge in [0.05, 0.1) is 5.56 Å². The number of phenolic OH excluding ortho intramolecular Hbond substituents is 1. The van der Waals surface area contributed by atoms with E-state index in [1.807, 2.05) is 30.3 Å². The molecular weight excluding hydrogens is 379 g/mol. The van der Waals surface area contributed by atoms with Crippen LogP contribution in [0.5, 0.6) is 5.75 Å². The first-order chi connectivity index (χ1) is 14.5. The van der Waals surface area contributed by atoms with E-state index in [0.29, 0.717) is 12.0 Å². The molecule has 0 amide bonds. The number of phenols is 1. The van der Waals surface area contributed by atoms with Crippen molar-refractivity contribution < 1.29 is 19.4 Å². The number of fused-ring (bicyclic) bond motifs is 1. The SMILES string of the molecule is O=C(O)c1ccc(-c2ccc(F)cc2)cc1C=CCc1ccc2cccc(O)c2c1. The second-order valence-electron chi connectivity index (χ2n) is 7.05. The predicted molar refractivity (Wildman–Crippen MR) is 117 cm³/mol. The molecule has 0 fully saturated rings. The Morgan fingerprint density at radius 1 is 0.900 bits per heavy atom. The van der Waals surface area contributed by atoms with Gasteiger partial charge in [0.15, 0.2) is 0 Å². The summed E-state index contributed by atoms with van der Waals surface area (Å²) in [4.78, 5) is 11.6. The van der Waals surface area contributed by atoms with E-state index in [4.69, 9.17) is 0 Å². The zero-order valence-electron chi connectivity index (χ0n) is 16.0. The van der Waals surface area contributed by atoms with Crippen LogP contribution in [0, 0.1) is 5.82 Å². The maximum atomic E-state index is 13.2. The van der Waals surface area contributed by atoms with Gasteiger partial charge in [-0.15, -0.1) is 0 Å². The number of aromatic hydroxyl groups is 1. The molecule has 0 aliphatic carbocycles. The Hall–Kier alpha value is -3.92. The van der Waals surface area contributed by atoms with Gasteiger partial charge in [0, 0.05) is 5.39 Å². The Morgan fingerprint density at radius 3 is 2.43 bits per heavy atom. The van der Waals surface area contributed by atoms with Crippen molar-refractivity contribution in [3.05, 3.63) is 107 Å². The van der Waals surface area contributed by atoms with Crippen LogP contribution in [-0.2, 0) is 6.42 Å². The summed E-state index contributed by atoms with van der Waals surface area (Å²) in [6.07, 6.45) is 4.27. The molecule has 30 heavy (non-hydrogen) atoms. The first-order valence-electron chi connectivity index (χ1n) is 9.52. The summed E-state index contributed by atoms with van der Waals surface area (Å²) in [7, 11) is 0. The molecule has 3 nitrogen and oxygen atoms in total. The van der Waals surface area contributed by atoms with Crippen LogP contribution in [0.1, 0.15) is 21.5 Å². The largest absolute Gasteiger partial charge is 0.507 e. The molecule has 0 saturated heterocycles. The normalized spacial score (nSPS) is 11.2. The molecule has 4 rings (SSSR count). The molecule has 0 saturated carbocycles. The summed E-state index contributed by atoms with van der Waals surface area (Å²) >= 11 is 0. The number of rotatable bonds is 5. The molecule has 148 valence electrons. The maximum Gasteiger partial charge on any atom is 0.336 e. The summed E-state index contributed by atoms with van der Waals surface area (Å²) in [6, 6.07) is 22.4. The third-order valence-corrected chi connectivity index (χ3v) is 5.03. The molecule has 0 unspecified atom stereocenters. The van der Waals surface area contributed by atoms with Gasteiger partial charge in [-0.05, 0) is 70.5 Å². The number of hydrogen-bond donors (Lipinski definition) is 2. The standard InChI is InChI=1S/C26H19FO3/c27-22-12-9-18(10-13-22)20-11-14-23(26(29)30)21(16-20)5-1-3-17-7-8-19-4-2-6-25(28)24(19)15-17/h1-2,4-16,28H,3H2,(H,29,30). The predicted octanol–water partition coefficient (Wildman–Crippen LogP) is 6.31. The quantitative estimate of drug-likeness (QED) is 0.414. The molecule has 4 aromatic rings. The number of aromatic carboxylic acids is 1. The smallest absolute Gasteiger partial charge is 0.336 e. The van der Waals surface area contributed by atoms with E-state index in [9.17, 15) is 19.4 Å². The monoisotopic (exact) mass is 398 g/mol. The lowest BCUT2D eigenvalue weighted by atomic mass is 9.98. The summed E-state index contributed by atoms with van der Waals surface area (Å²) in [5.41, 5.74) is 3.41. The fourth-order valence-corrected chi connectivity index (χ4v) is 3.47. The number of carboxylic acid groups (broad SMARTS) is 1. The minimum absolute atomic E-state index is 0.202. The van der Waals surface area contributed by atoms with Crippen LogP contribution in [0.25, 0.3) is 28.0 Å². The first-order valence-corrected chi connectivity index (χ1v) is 9.52. The van der Waals surface area contributed by atoms with Crippen molar-refractivity contribution in [2.24, 2.45) is 0 Å². The number of allylic oxidation sites excluding steroid dienone is 1. The van der Waals surface area contributed by atoms with E-state index in [1.165, 1.54) is 12.1 Å². The van der Waals surface area contributed by atoms with Gasteiger partial charge in [-0.1, -0.05) is 54.6 Å². The Kier molecular flexibility index (Phi) is 5.31. The number of benzene rings is 4. The van der Waals surface area contributed by atoms with Crippen LogP contribution in [0.4, 0.5) is 4.39 Å². The minimum atomic E-state index is -1.00. The van der Waals surface area contributed by atoms with E-state index in [0.717, 1.165) is 27.5 Å². The molecule has 0 aliphatic rings. The van der Waals surface area contributed by atoms with Crippen LogP contribution >= 0.6 is 0 Å². The van der Waals surface area contributed by atoms with Crippen LogP contribution in [0.2, 0.25) is 0 Å². The lowest BCUT2D eigenvalue weighted by Crippen LogP contribution is -1.99. The molecule has 4 aromatic carbocycles. The van der Waals surface area contributed by atoms with Crippen LogP contribution in [0.15, 0.2) is 84.9 Å². The molecule has 0 bridgehead atoms. The van der Waals surface area contributed by atoms with Gasteiger partial charge in [0.2, 0.25) is 0 Å². The summed E-state index contributed by atoms with van der Waals surface area (Å²) < 4.78 is 13.2. The fourth-order valence-electron chi connectivity index (χ4n) is 3.47. The zero-order valence-corrected chi connectivity index (χ0v) is 16.0. The molecule has 4 heteroatoms. The van der Waals surface area contributed by atoms with Crippen LogP contribution in [-0.4, -0.2) is 16.2 Å². The molecule has 0 spiro atoms. The van der Waals surface area contributed by atoms with E-state index in [2.05, 4.69) is 0 Å². The Bertz CT molecular complexity index is 1260. The molecule has 0 aromatic heterocycles. The van der Waals surface area contributed by atoms with Crippen molar-refractivity contribution in [2.75, 3.05) is 0 Å². The van der Waals surface area contributed by atoms with Crippen molar-refractivity contribution in [1.29, 1.82) is 0 Å². The highest BCUT2D eigenvalue weighted by molar-refractivity contribution is 5.93. The second kappa shape index (κ2) is 8.21. The van der Waals surface area contributed by atoms with Crippen molar-refractivity contribution in [3.8, 4) is 16.9 Å². The number of halogens is 1. The van der Waals surface area contributed by atoms with Gasteiger partial charge >= 0.3 is 5.97 Å². The molecule has 2 N–H and O–H groups in total. The highest BCUT2D eigenvalue weighted by atomic mass is 19.1. The first kappa shape index (κ1) is 19.4. The van der Waals surface area contributed by atoms with E-state index in [-0.39, 0.29) is 17.1 Å². The molecule has 0 heterocycles. The average Bonchev–Trinajstić information content (AvgIpc) is 2.74. The number of carbonyl (C=O) groups is 1. The van der Waals surface area contributed by atoms with E-state index in [1.54, 1.807) is 48.5 Å². The second-order valence-corrected chi connectivity index (χ2v) is 7.05. The van der Waals surface area contributed by atoms with E-state index < -0.39 is 5.97 Å². The van der Waals surface area contributed by atoms with Crippen molar-refractivity contribution in [2.45, 2.75) is 6.42 Å². The van der Waals surface area contributed by atoms with Crippen molar-refractivity contribution >= 4 is 22.8 Å². The van der Waals surface area contributed by atoms with Gasteiger partial charge in [-0.25, -0.2) is 9.18 Å². The van der Waals surface area contributed by atoms with Crippen LogP contribution in [0.3, 0.4) is 0 Å². The maximum absolute atomic E-state index is 13.2. The van der Waals surface area contributed by atoms with Crippen molar-refractivity contribution in [1.82, 2.24) is 0 Å². The lowest BCUT2D eigenvalue weighted by Gasteiger charge is -2.07. The average molecular weight is 398 g/mol. The third-order valence-electron chi connectivity index (χ3n) is 5.03. The summed E-state index contributed by atoms with van der Waals surface area (Å²) in [6.45, 7) is 0. The van der Waals surface area contributed by atoms with Crippen LogP contribution < -0.4 is 0 Å². The number of carboxylic acids is 1. The Labute approximate surface area is 173 Å². The van der Waals surface area contributed by atoms with E-state index >= 15 is 0 Å². The minimum Gasteiger partial charge on any atom is -0.507 e. The van der Waals surface area contributed by atoms with Gasteiger partial charge in [-0.3, -0.25) is 0 Å². The highest BCUT2D eigenvalue weighted by Crippen LogP contribution is 2.26. The van der Waals surface area contributed by atoms with Gasteiger partial charge < -0.3 is 10.2 Å². The molecule has 0 aliphatic heterocycles. The third kappa shape index (κ3) is 4.08.